The SMILES string of the molecule is Cc1ccc(C(=O)OC(C)C(=O)NC(N)=O)cc1C. The molecule has 6 nitrogen and oxygen atoms in total. The van der Waals surface area contributed by atoms with Gasteiger partial charge < -0.3 is 10.5 Å². The Kier molecular flexibility index (Phi) is 4.63. The second-order valence-electron chi connectivity index (χ2n) is 4.20. The van der Waals surface area contributed by atoms with Gasteiger partial charge in [-0.25, -0.2) is 9.59 Å². The third-order valence-electron chi connectivity index (χ3n) is 2.64. The molecule has 1 aromatic rings. The summed E-state index contributed by atoms with van der Waals surface area (Å²) in [7, 11) is 0. The van der Waals surface area contributed by atoms with E-state index >= 15 is 0 Å². The monoisotopic (exact) mass is 264 g/mol. The van der Waals surface area contributed by atoms with Gasteiger partial charge in [0.05, 0.1) is 5.56 Å². The minimum absolute atomic E-state index is 0.349. The predicted octanol–water partition coefficient (Wildman–Crippen LogP) is 1.04. The third-order valence-corrected chi connectivity index (χ3v) is 2.64. The molecule has 1 aromatic carbocycles. The van der Waals surface area contributed by atoms with E-state index in [9.17, 15) is 14.4 Å². The zero-order valence-electron chi connectivity index (χ0n) is 11.0. The zero-order chi connectivity index (χ0) is 14.6. The summed E-state index contributed by atoms with van der Waals surface area (Å²) in [5, 5.41) is 1.84. The van der Waals surface area contributed by atoms with Crippen LogP contribution < -0.4 is 11.1 Å². The molecule has 1 unspecified atom stereocenters. The Hall–Kier alpha value is -2.37. The van der Waals surface area contributed by atoms with Gasteiger partial charge in [0, 0.05) is 0 Å². The number of nitrogens with two attached hydrogens (primary N) is 1. The van der Waals surface area contributed by atoms with Crippen LogP contribution in [0.4, 0.5) is 4.79 Å². The van der Waals surface area contributed by atoms with Crippen molar-refractivity contribution in [1.29, 1.82) is 0 Å². The maximum Gasteiger partial charge on any atom is 0.338 e. The molecule has 6 heteroatoms. The average molecular weight is 264 g/mol. The molecule has 0 fully saturated rings. The van der Waals surface area contributed by atoms with E-state index in [0.717, 1.165) is 11.1 Å². The molecule has 102 valence electrons. The van der Waals surface area contributed by atoms with Gasteiger partial charge in [-0.15, -0.1) is 0 Å². The van der Waals surface area contributed by atoms with E-state index in [1.165, 1.54) is 6.92 Å². The number of primary amides is 1. The first-order valence-electron chi connectivity index (χ1n) is 5.69. The molecule has 0 heterocycles. The molecule has 0 aromatic heterocycles. The number of carbonyl (C=O) groups is 3. The van der Waals surface area contributed by atoms with Gasteiger partial charge in [-0.05, 0) is 44.0 Å². The van der Waals surface area contributed by atoms with Crippen molar-refractivity contribution in [2.24, 2.45) is 5.73 Å². The quantitative estimate of drug-likeness (QED) is 0.797. The number of esters is 1. The smallest absolute Gasteiger partial charge is 0.338 e. The van der Waals surface area contributed by atoms with E-state index in [1.807, 2.05) is 19.2 Å². The van der Waals surface area contributed by atoms with Crippen molar-refractivity contribution in [3.63, 3.8) is 0 Å². The van der Waals surface area contributed by atoms with Crippen LogP contribution in [0.3, 0.4) is 0 Å². The molecule has 0 spiro atoms. The molecule has 0 saturated carbocycles. The normalized spacial score (nSPS) is 11.5. The Morgan fingerprint density at radius 2 is 1.84 bits per heavy atom. The first kappa shape index (κ1) is 14.7. The summed E-state index contributed by atoms with van der Waals surface area (Å²) in [6.07, 6.45) is -1.10. The van der Waals surface area contributed by atoms with E-state index in [4.69, 9.17) is 10.5 Å². The third kappa shape index (κ3) is 4.09. The van der Waals surface area contributed by atoms with Crippen LogP contribution in [0.25, 0.3) is 0 Å². The second-order valence-corrected chi connectivity index (χ2v) is 4.20. The highest BCUT2D eigenvalue weighted by Crippen LogP contribution is 2.11. The largest absolute Gasteiger partial charge is 0.449 e. The van der Waals surface area contributed by atoms with Gasteiger partial charge in [0.1, 0.15) is 0 Å². The van der Waals surface area contributed by atoms with E-state index in [0.29, 0.717) is 5.56 Å². The van der Waals surface area contributed by atoms with Crippen LogP contribution in [-0.4, -0.2) is 24.0 Å². The number of ether oxygens (including phenoxy) is 1. The van der Waals surface area contributed by atoms with Crippen molar-refractivity contribution in [2.75, 3.05) is 0 Å². The van der Waals surface area contributed by atoms with Crippen LogP contribution in [0.15, 0.2) is 18.2 Å². The minimum Gasteiger partial charge on any atom is -0.449 e. The van der Waals surface area contributed by atoms with Gasteiger partial charge >= 0.3 is 12.0 Å². The van der Waals surface area contributed by atoms with Crippen LogP contribution in [0.1, 0.15) is 28.4 Å². The van der Waals surface area contributed by atoms with E-state index in [1.54, 1.807) is 18.2 Å². The van der Waals surface area contributed by atoms with E-state index < -0.39 is 24.0 Å². The number of hydrogen-bond donors (Lipinski definition) is 2. The van der Waals surface area contributed by atoms with Crippen LogP contribution in [0.2, 0.25) is 0 Å². The Bertz CT molecular complexity index is 525. The fourth-order valence-electron chi connectivity index (χ4n) is 1.37. The van der Waals surface area contributed by atoms with E-state index in [-0.39, 0.29) is 0 Å². The number of amides is 3. The molecule has 0 radical (unpaired) electrons. The number of benzene rings is 1. The summed E-state index contributed by atoms with van der Waals surface area (Å²) >= 11 is 0. The number of hydrogen-bond acceptors (Lipinski definition) is 4. The summed E-state index contributed by atoms with van der Waals surface area (Å²) in [6, 6.07) is 4.10. The van der Waals surface area contributed by atoms with Crippen LogP contribution >= 0.6 is 0 Å². The average Bonchev–Trinajstić information content (AvgIpc) is 2.31. The second kappa shape index (κ2) is 5.99. The van der Waals surface area contributed by atoms with Crippen LogP contribution in [0.5, 0.6) is 0 Å². The van der Waals surface area contributed by atoms with Crippen molar-refractivity contribution in [3.8, 4) is 0 Å². The molecule has 19 heavy (non-hydrogen) atoms. The van der Waals surface area contributed by atoms with Crippen molar-refractivity contribution >= 4 is 17.9 Å². The summed E-state index contributed by atoms with van der Waals surface area (Å²) in [4.78, 5) is 33.6. The van der Waals surface area contributed by atoms with Crippen molar-refractivity contribution in [1.82, 2.24) is 5.32 Å². The topological polar surface area (TPSA) is 98.5 Å². The molecule has 0 bridgehead atoms. The van der Waals surface area contributed by atoms with Crippen LogP contribution in [-0.2, 0) is 9.53 Å². The van der Waals surface area contributed by atoms with Crippen molar-refractivity contribution < 1.29 is 19.1 Å². The molecule has 0 saturated heterocycles. The number of carbonyl (C=O) groups excluding carboxylic acids is 3. The fraction of sp³-hybridized carbons (Fsp3) is 0.308. The first-order chi connectivity index (χ1) is 8.81. The maximum absolute atomic E-state index is 11.8. The molecular weight excluding hydrogens is 248 g/mol. The van der Waals surface area contributed by atoms with Crippen molar-refractivity contribution in [3.05, 3.63) is 34.9 Å². The number of aryl methyl sites for hydroxylation is 2. The van der Waals surface area contributed by atoms with Gasteiger partial charge in [0.25, 0.3) is 5.91 Å². The molecule has 0 aliphatic carbocycles. The molecule has 3 N–H and O–H groups in total. The van der Waals surface area contributed by atoms with Gasteiger partial charge in [-0.1, -0.05) is 6.07 Å². The van der Waals surface area contributed by atoms with E-state index in [2.05, 4.69) is 0 Å². The Balaban J connectivity index is 2.71. The van der Waals surface area contributed by atoms with Crippen LogP contribution in [0, 0.1) is 13.8 Å². The van der Waals surface area contributed by atoms with Gasteiger partial charge in [0.15, 0.2) is 6.10 Å². The standard InChI is InChI=1S/C13H16N2O4/c1-7-4-5-10(6-8(7)2)12(17)19-9(3)11(16)15-13(14)18/h4-6,9H,1-3H3,(H3,14,15,16,18). The summed E-state index contributed by atoms with van der Waals surface area (Å²) in [5.41, 5.74) is 7.15. The minimum atomic E-state index is -1.10. The lowest BCUT2D eigenvalue weighted by atomic mass is 10.1. The Morgan fingerprint density at radius 3 is 2.37 bits per heavy atom. The molecule has 0 aliphatic heterocycles. The highest BCUT2D eigenvalue weighted by atomic mass is 16.5. The summed E-state index contributed by atoms with van der Waals surface area (Å²) in [5.74, 6) is -1.39. The molecule has 0 aliphatic rings. The number of urea groups is 1. The predicted molar refractivity (Wildman–Crippen MR) is 68.5 cm³/mol. The summed E-state index contributed by atoms with van der Waals surface area (Å²) < 4.78 is 4.94. The lowest BCUT2D eigenvalue weighted by Gasteiger charge is -2.12. The van der Waals surface area contributed by atoms with Gasteiger partial charge in [0.2, 0.25) is 0 Å². The zero-order valence-corrected chi connectivity index (χ0v) is 11.0. The van der Waals surface area contributed by atoms with Crippen molar-refractivity contribution in [2.45, 2.75) is 26.9 Å². The summed E-state index contributed by atoms with van der Waals surface area (Å²) in [6.45, 7) is 5.15. The number of imide groups is 1. The lowest BCUT2D eigenvalue weighted by molar-refractivity contribution is -0.127. The number of nitrogens with one attached hydrogen (secondary N) is 1. The molecule has 1 rings (SSSR count). The molecular formula is C13H16N2O4. The van der Waals surface area contributed by atoms with Gasteiger partial charge in [-0.2, -0.15) is 0 Å². The highest BCUT2D eigenvalue weighted by molar-refractivity contribution is 5.98. The first-order valence-corrected chi connectivity index (χ1v) is 5.69. The molecule has 1 atom stereocenters. The lowest BCUT2D eigenvalue weighted by Crippen LogP contribution is -2.42. The highest BCUT2D eigenvalue weighted by Gasteiger charge is 2.20. The Labute approximate surface area is 110 Å². The fourth-order valence-corrected chi connectivity index (χ4v) is 1.37. The molecule has 3 amide bonds. The Morgan fingerprint density at radius 1 is 1.21 bits per heavy atom. The van der Waals surface area contributed by atoms with Gasteiger partial charge in [-0.3, -0.25) is 10.1 Å². The number of rotatable bonds is 3. The maximum atomic E-state index is 11.8.